The van der Waals surface area contributed by atoms with Crippen LogP contribution in [0, 0.1) is 3.57 Å². The van der Waals surface area contributed by atoms with E-state index >= 15 is 0 Å². The van der Waals surface area contributed by atoms with E-state index in [4.69, 9.17) is 0 Å². The lowest BCUT2D eigenvalue weighted by molar-refractivity contribution is 0.635. The summed E-state index contributed by atoms with van der Waals surface area (Å²) in [5.74, 6) is 0. The predicted molar refractivity (Wildman–Crippen MR) is 79.9 cm³/mol. The molecule has 0 aliphatic rings. The van der Waals surface area contributed by atoms with Crippen molar-refractivity contribution in [3.8, 4) is 0 Å². The molecule has 0 amide bonds. The fourth-order valence-electron chi connectivity index (χ4n) is 1.65. The van der Waals surface area contributed by atoms with Crippen LogP contribution in [0.1, 0.15) is 5.01 Å². The lowest BCUT2D eigenvalue weighted by atomic mass is 10.3. The predicted octanol–water partition coefficient (Wildman–Crippen LogP) is 2.51. The van der Waals surface area contributed by atoms with Gasteiger partial charge in [0.2, 0.25) is 0 Å². The van der Waals surface area contributed by atoms with Gasteiger partial charge in [-0.25, -0.2) is 9.67 Å². The molecule has 0 spiro atoms. The van der Waals surface area contributed by atoms with E-state index < -0.39 is 0 Å². The molecule has 2 heterocycles. The largest absolute Gasteiger partial charge is 0.268 e. The van der Waals surface area contributed by atoms with Gasteiger partial charge < -0.3 is 0 Å². The molecule has 18 heavy (non-hydrogen) atoms. The highest BCUT2D eigenvalue weighted by Crippen LogP contribution is 2.21. The van der Waals surface area contributed by atoms with Crippen LogP contribution in [-0.2, 0) is 6.54 Å². The SMILES string of the molecule is O=c1cc(I)cnn1Cc1nc2ccccc2s1. The highest BCUT2D eigenvalue weighted by Gasteiger charge is 2.05. The van der Waals surface area contributed by atoms with Gasteiger partial charge in [0, 0.05) is 9.64 Å². The van der Waals surface area contributed by atoms with Gasteiger partial charge in [-0.15, -0.1) is 11.3 Å². The number of thiazole rings is 1. The van der Waals surface area contributed by atoms with Gasteiger partial charge in [-0.3, -0.25) is 4.79 Å². The molecular weight excluding hydrogens is 361 g/mol. The molecule has 6 heteroatoms. The fourth-order valence-corrected chi connectivity index (χ4v) is 2.99. The van der Waals surface area contributed by atoms with Gasteiger partial charge in [0.25, 0.3) is 5.56 Å². The monoisotopic (exact) mass is 369 g/mol. The van der Waals surface area contributed by atoms with Gasteiger partial charge in [-0.1, -0.05) is 12.1 Å². The first-order valence-electron chi connectivity index (χ1n) is 5.29. The summed E-state index contributed by atoms with van der Waals surface area (Å²) in [6, 6.07) is 9.52. The number of aromatic nitrogens is 3. The van der Waals surface area contributed by atoms with Crippen LogP contribution >= 0.6 is 33.9 Å². The first-order valence-corrected chi connectivity index (χ1v) is 7.19. The summed E-state index contributed by atoms with van der Waals surface area (Å²) >= 11 is 3.67. The van der Waals surface area contributed by atoms with E-state index in [1.54, 1.807) is 23.6 Å². The molecule has 4 nitrogen and oxygen atoms in total. The average molecular weight is 369 g/mol. The van der Waals surface area contributed by atoms with Crippen LogP contribution in [0.3, 0.4) is 0 Å². The number of hydrogen-bond acceptors (Lipinski definition) is 4. The highest BCUT2D eigenvalue weighted by molar-refractivity contribution is 14.1. The Balaban J connectivity index is 1.98. The quantitative estimate of drug-likeness (QED) is 0.653. The Morgan fingerprint density at radius 1 is 1.33 bits per heavy atom. The normalized spacial score (nSPS) is 10.9. The maximum atomic E-state index is 11.7. The second-order valence-corrected chi connectivity index (χ2v) is 6.11. The summed E-state index contributed by atoms with van der Waals surface area (Å²) < 4.78 is 3.41. The Labute approximate surface area is 120 Å². The molecule has 0 saturated carbocycles. The van der Waals surface area contributed by atoms with Crippen LogP contribution in [-0.4, -0.2) is 14.8 Å². The van der Waals surface area contributed by atoms with Crippen molar-refractivity contribution in [1.82, 2.24) is 14.8 Å². The molecule has 0 atom stereocenters. The second kappa shape index (κ2) is 4.77. The first-order chi connectivity index (χ1) is 8.72. The maximum absolute atomic E-state index is 11.7. The maximum Gasteiger partial charge on any atom is 0.268 e. The van der Waals surface area contributed by atoms with Crippen LogP contribution < -0.4 is 5.56 Å². The molecule has 2 aromatic heterocycles. The molecule has 0 unspecified atom stereocenters. The van der Waals surface area contributed by atoms with E-state index in [0.29, 0.717) is 6.54 Å². The van der Waals surface area contributed by atoms with Gasteiger partial charge in [0.05, 0.1) is 23.0 Å². The Hall–Kier alpha value is -1.28. The van der Waals surface area contributed by atoms with E-state index in [0.717, 1.165) is 18.8 Å². The third-order valence-electron chi connectivity index (χ3n) is 2.46. The molecule has 0 radical (unpaired) electrons. The Morgan fingerprint density at radius 2 is 2.17 bits per heavy atom. The number of fused-ring (bicyclic) bond motifs is 1. The number of para-hydroxylation sites is 1. The molecular formula is C12H8IN3OS. The lowest BCUT2D eigenvalue weighted by Crippen LogP contribution is -2.22. The van der Waals surface area contributed by atoms with Crippen molar-refractivity contribution < 1.29 is 0 Å². The number of nitrogens with zero attached hydrogens (tertiary/aromatic N) is 3. The molecule has 1 aromatic carbocycles. The van der Waals surface area contributed by atoms with Gasteiger partial charge in [-0.2, -0.15) is 5.10 Å². The minimum Gasteiger partial charge on any atom is -0.268 e. The highest BCUT2D eigenvalue weighted by atomic mass is 127. The number of rotatable bonds is 2. The van der Waals surface area contributed by atoms with Crippen LogP contribution in [0.4, 0.5) is 0 Å². The second-order valence-electron chi connectivity index (χ2n) is 3.75. The van der Waals surface area contributed by atoms with Crippen molar-refractivity contribution in [2.24, 2.45) is 0 Å². The topological polar surface area (TPSA) is 47.8 Å². The summed E-state index contributed by atoms with van der Waals surface area (Å²) in [6.07, 6.45) is 1.68. The van der Waals surface area contributed by atoms with E-state index in [1.807, 2.05) is 24.3 Å². The summed E-state index contributed by atoms with van der Waals surface area (Å²) in [5, 5.41) is 5.00. The van der Waals surface area contributed by atoms with Crippen LogP contribution in [0.25, 0.3) is 10.2 Å². The summed E-state index contributed by atoms with van der Waals surface area (Å²) in [7, 11) is 0. The molecule has 0 aliphatic heterocycles. The van der Waals surface area contributed by atoms with E-state index in [9.17, 15) is 4.79 Å². The third kappa shape index (κ3) is 2.30. The zero-order chi connectivity index (χ0) is 12.5. The number of benzene rings is 1. The van der Waals surface area contributed by atoms with Crippen molar-refractivity contribution in [2.45, 2.75) is 6.54 Å². The Bertz CT molecular complexity index is 732. The minimum atomic E-state index is -0.0962. The van der Waals surface area contributed by atoms with Crippen molar-refractivity contribution in [3.05, 3.63) is 55.5 Å². The average Bonchev–Trinajstić information content (AvgIpc) is 2.75. The number of hydrogen-bond donors (Lipinski definition) is 0. The first kappa shape index (κ1) is 11.8. The summed E-state index contributed by atoms with van der Waals surface area (Å²) in [6.45, 7) is 0.426. The minimum absolute atomic E-state index is 0.0962. The van der Waals surface area contributed by atoms with Crippen molar-refractivity contribution in [1.29, 1.82) is 0 Å². The van der Waals surface area contributed by atoms with Gasteiger partial charge in [0.1, 0.15) is 5.01 Å². The molecule has 0 fully saturated rings. The molecule has 90 valence electrons. The molecule has 0 aliphatic carbocycles. The lowest BCUT2D eigenvalue weighted by Gasteiger charge is -2.00. The van der Waals surface area contributed by atoms with Gasteiger partial charge >= 0.3 is 0 Å². The van der Waals surface area contributed by atoms with Gasteiger partial charge in [-0.05, 0) is 34.7 Å². The molecule has 0 saturated heterocycles. The van der Waals surface area contributed by atoms with Crippen LogP contribution in [0.15, 0.2) is 41.3 Å². The number of halogens is 1. The zero-order valence-corrected chi connectivity index (χ0v) is 12.2. The standard InChI is InChI=1S/C12H8IN3OS/c13-8-5-12(17)16(14-6-8)7-11-15-9-3-1-2-4-10(9)18-11/h1-6H,7H2. The van der Waals surface area contributed by atoms with Crippen molar-refractivity contribution in [3.63, 3.8) is 0 Å². The summed E-state index contributed by atoms with van der Waals surface area (Å²) in [5.41, 5.74) is 0.872. The third-order valence-corrected chi connectivity index (χ3v) is 4.07. The molecule has 3 aromatic rings. The fraction of sp³-hybridized carbons (Fsp3) is 0.0833. The Morgan fingerprint density at radius 3 is 2.94 bits per heavy atom. The van der Waals surface area contributed by atoms with Gasteiger partial charge in [0.15, 0.2) is 0 Å². The Kier molecular flexibility index (Phi) is 3.13. The smallest absolute Gasteiger partial charge is 0.268 e. The van der Waals surface area contributed by atoms with Crippen LogP contribution in [0.2, 0.25) is 0 Å². The zero-order valence-electron chi connectivity index (χ0n) is 9.21. The van der Waals surface area contributed by atoms with E-state index in [-0.39, 0.29) is 5.56 Å². The molecule has 3 rings (SSSR count). The van der Waals surface area contributed by atoms with E-state index in [2.05, 4.69) is 32.7 Å². The molecule has 0 bridgehead atoms. The molecule has 0 N–H and O–H groups in total. The van der Waals surface area contributed by atoms with E-state index in [1.165, 1.54) is 4.68 Å². The van der Waals surface area contributed by atoms with Crippen molar-refractivity contribution >= 4 is 44.1 Å². The van der Waals surface area contributed by atoms with Crippen LogP contribution in [0.5, 0.6) is 0 Å². The van der Waals surface area contributed by atoms with Crippen molar-refractivity contribution in [2.75, 3.05) is 0 Å². The summed E-state index contributed by atoms with van der Waals surface area (Å²) in [4.78, 5) is 16.2.